The molecule has 3 nitrogen and oxygen atoms in total. The van der Waals surface area contributed by atoms with Gasteiger partial charge in [-0.1, -0.05) is 12.1 Å². The van der Waals surface area contributed by atoms with E-state index in [-0.39, 0.29) is 5.56 Å². The molecule has 2 aromatic rings. The Kier molecular flexibility index (Phi) is 3.06. The van der Waals surface area contributed by atoms with E-state index < -0.39 is 0 Å². The molecule has 2 rings (SSSR count). The molecule has 0 bridgehead atoms. The lowest BCUT2D eigenvalue weighted by Gasteiger charge is -2.07. The van der Waals surface area contributed by atoms with Crippen molar-refractivity contribution in [1.29, 1.82) is 0 Å². The van der Waals surface area contributed by atoms with E-state index in [1.54, 1.807) is 4.57 Å². The highest BCUT2D eigenvalue weighted by atomic mass is 32.1. The molecule has 0 N–H and O–H groups in total. The lowest BCUT2D eigenvalue weighted by molar-refractivity contribution is 0.680. The highest BCUT2D eigenvalue weighted by Crippen LogP contribution is 2.08. The van der Waals surface area contributed by atoms with Gasteiger partial charge in [-0.15, -0.1) is 0 Å². The molecule has 0 saturated carbocycles. The van der Waals surface area contributed by atoms with Gasteiger partial charge in [-0.05, 0) is 24.3 Å². The number of aromatic nitrogens is 2. The minimum absolute atomic E-state index is 0.0458. The van der Waals surface area contributed by atoms with Crippen molar-refractivity contribution in [1.82, 2.24) is 9.55 Å². The number of hydrogen-bond donors (Lipinski definition) is 1. The zero-order chi connectivity index (χ0) is 10.7. The molecule has 15 heavy (non-hydrogen) atoms. The largest absolute Gasteiger partial charge is 0.305 e. The Morgan fingerprint density at radius 1 is 1.33 bits per heavy atom. The van der Waals surface area contributed by atoms with Crippen LogP contribution < -0.4 is 5.56 Å². The van der Waals surface area contributed by atoms with Gasteiger partial charge in [0.15, 0.2) is 0 Å². The lowest BCUT2D eigenvalue weighted by Crippen LogP contribution is -2.20. The zero-order valence-electron chi connectivity index (χ0n) is 8.26. The molecule has 0 saturated heterocycles. The van der Waals surface area contributed by atoms with Crippen molar-refractivity contribution in [3.8, 4) is 0 Å². The summed E-state index contributed by atoms with van der Waals surface area (Å²) in [6, 6.07) is 7.66. The second kappa shape index (κ2) is 4.49. The Bertz CT molecular complexity index is 521. The highest BCUT2D eigenvalue weighted by molar-refractivity contribution is 7.80. The monoisotopic (exact) mass is 220 g/mol. The summed E-state index contributed by atoms with van der Waals surface area (Å²) in [4.78, 5) is 15.7. The Morgan fingerprint density at radius 2 is 2.13 bits per heavy atom. The van der Waals surface area contributed by atoms with Crippen molar-refractivity contribution < 1.29 is 0 Å². The first-order chi connectivity index (χ1) is 7.33. The third-order valence-corrected chi connectivity index (χ3v) is 2.61. The molecule has 1 aromatic heterocycles. The van der Waals surface area contributed by atoms with Gasteiger partial charge in [0, 0.05) is 6.54 Å². The van der Waals surface area contributed by atoms with Crippen LogP contribution >= 0.6 is 12.6 Å². The lowest BCUT2D eigenvalue weighted by atomic mass is 10.3. The number of aryl methyl sites for hydroxylation is 1. The van der Waals surface area contributed by atoms with Crippen LogP contribution in [0.2, 0.25) is 0 Å². The number of rotatable bonds is 3. The zero-order valence-corrected chi connectivity index (χ0v) is 9.15. The van der Waals surface area contributed by atoms with E-state index in [1.807, 2.05) is 24.3 Å². The fourth-order valence-corrected chi connectivity index (χ4v) is 1.72. The summed E-state index contributed by atoms with van der Waals surface area (Å²) in [6.45, 7) is 0.700. The van der Waals surface area contributed by atoms with E-state index in [0.29, 0.717) is 6.54 Å². The van der Waals surface area contributed by atoms with Crippen molar-refractivity contribution in [3.05, 3.63) is 40.8 Å². The van der Waals surface area contributed by atoms with Gasteiger partial charge in [0.2, 0.25) is 0 Å². The van der Waals surface area contributed by atoms with Crippen LogP contribution in [0.3, 0.4) is 0 Å². The predicted molar refractivity (Wildman–Crippen MR) is 64.5 cm³/mol. The second-order valence-electron chi connectivity index (χ2n) is 3.31. The average molecular weight is 220 g/mol. The van der Waals surface area contributed by atoms with Crippen LogP contribution in [0.15, 0.2) is 35.3 Å². The molecule has 0 unspecified atom stereocenters. The molecule has 0 atom stereocenters. The van der Waals surface area contributed by atoms with Crippen LogP contribution in [-0.2, 0) is 6.54 Å². The third kappa shape index (κ3) is 2.04. The molecule has 0 amide bonds. The predicted octanol–water partition coefficient (Wildman–Crippen LogP) is 1.72. The van der Waals surface area contributed by atoms with Crippen LogP contribution in [-0.4, -0.2) is 15.3 Å². The second-order valence-corrected chi connectivity index (χ2v) is 3.76. The normalized spacial score (nSPS) is 10.7. The Hall–Kier alpha value is -1.29. The third-order valence-electron chi connectivity index (χ3n) is 2.29. The van der Waals surface area contributed by atoms with E-state index >= 15 is 0 Å². The van der Waals surface area contributed by atoms with Crippen LogP contribution in [0, 0.1) is 0 Å². The molecule has 0 spiro atoms. The summed E-state index contributed by atoms with van der Waals surface area (Å²) in [7, 11) is 0. The van der Waals surface area contributed by atoms with Crippen molar-refractivity contribution >= 4 is 23.7 Å². The van der Waals surface area contributed by atoms with Gasteiger partial charge in [-0.3, -0.25) is 4.79 Å². The number of benzene rings is 1. The summed E-state index contributed by atoms with van der Waals surface area (Å²) in [6.07, 6.45) is 2.26. The fraction of sp³-hybridized carbons (Fsp3) is 0.273. The van der Waals surface area contributed by atoms with Crippen LogP contribution in [0.4, 0.5) is 0 Å². The quantitative estimate of drug-likeness (QED) is 0.799. The molecule has 1 aromatic carbocycles. The Morgan fingerprint density at radius 3 is 2.93 bits per heavy atom. The first-order valence-electron chi connectivity index (χ1n) is 4.88. The fourth-order valence-electron chi connectivity index (χ4n) is 1.57. The minimum Gasteiger partial charge on any atom is -0.305 e. The van der Waals surface area contributed by atoms with Gasteiger partial charge in [0.25, 0.3) is 5.56 Å². The summed E-state index contributed by atoms with van der Waals surface area (Å²) >= 11 is 4.15. The van der Waals surface area contributed by atoms with Crippen LogP contribution in [0.1, 0.15) is 6.42 Å². The Balaban J connectivity index is 2.58. The van der Waals surface area contributed by atoms with E-state index in [0.717, 1.165) is 23.2 Å². The van der Waals surface area contributed by atoms with E-state index in [9.17, 15) is 4.79 Å². The maximum atomic E-state index is 11.6. The molecule has 0 radical (unpaired) electrons. The average Bonchev–Trinajstić information content (AvgIpc) is 2.28. The van der Waals surface area contributed by atoms with Gasteiger partial charge in [-0.25, -0.2) is 4.98 Å². The molecule has 0 fully saturated rings. The van der Waals surface area contributed by atoms with Gasteiger partial charge in [0.1, 0.15) is 0 Å². The van der Waals surface area contributed by atoms with Gasteiger partial charge >= 0.3 is 0 Å². The molecule has 78 valence electrons. The first kappa shape index (κ1) is 10.2. The minimum atomic E-state index is -0.0458. The molecule has 0 aliphatic carbocycles. The van der Waals surface area contributed by atoms with E-state index in [2.05, 4.69) is 17.6 Å². The number of hydrogen-bond acceptors (Lipinski definition) is 3. The maximum Gasteiger partial charge on any atom is 0.269 e. The first-order valence-corrected chi connectivity index (χ1v) is 5.51. The van der Waals surface area contributed by atoms with Gasteiger partial charge < -0.3 is 4.57 Å². The van der Waals surface area contributed by atoms with Crippen molar-refractivity contribution in [2.45, 2.75) is 13.0 Å². The number of thiol groups is 1. The smallest absolute Gasteiger partial charge is 0.269 e. The molecule has 1 heterocycles. The maximum absolute atomic E-state index is 11.6. The molecule has 4 heteroatoms. The van der Waals surface area contributed by atoms with E-state index in [1.165, 1.54) is 6.20 Å². The van der Waals surface area contributed by atoms with Gasteiger partial charge in [0.05, 0.1) is 17.2 Å². The Labute approximate surface area is 93.2 Å². The van der Waals surface area contributed by atoms with Crippen molar-refractivity contribution in [3.63, 3.8) is 0 Å². The SMILES string of the molecule is O=c1cnc2ccccc2n1CCCS. The van der Waals surface area contributed by atoms with Crippen LogP contribution in [0.5, 0.6) is 0 Å². The van der Waals surface area contributed by atoms with E-state index in [4.69, 9.17) is 0 Å². The summed E-state index contributed by atoms with van der Waals surface area (Å²) in [5.41, 5.74) is 1.71. The molecular formula is C11H12N2OS. The molecule has 0 aliphatic rings. The number of para-hydroxylation sites is 2. The highest BCUT2D eigenvalue weighted by Gasteiger charge is 2.02. The van der Waals surface area contributed by atoms with Crippen molar-refractivity contribution in [2.75, 3.05) is 5.75 Å². The summed E-state index contributed by atoms with van der Waals surface area (Å²) < 4.78 is 1.75. The summed E-state index contributed by atoms with van der Waals surface area (Å²) in [5.74, 6) is 0.781. The number of fused-ring (bicyclic) bond motifs is 1. The van der Waals surface area contributed by atoms with Crippen LogP contribution in [0.25, 0.3) is 11.0 Å². The standard InChI is InChI=1S/C11H12N2OS/c14-11-8-12-9-4-1-2-5-10(9)13(11)6-3-7-15/h1-2,4-5,8,15H,3,6-7H2. The summed E-state index contributed by atoms with van der Waals surface area (Å²) in [5, 5.41) is 0. The molecular weight excluding hydrogens is 208 g/mol. The number of nitrogens with zero attached hydrogens (tertiary/aromatic N) is 2. The molecule has 0 aliphatic heterocycles. The topological polar surface area (TPSA) is 34.9 Å². The van der Waals surface area contributed by atoms with Crippen molar-refractivity contribution in [2.24, 2.45) is 0 Å². The van der Waals surface area contributed by atoms with Gasteiger partial charge in [-0.2, -0.15) is 12.6 Å².